The number of benzene rings is 1. The van der Waals surface area contributed by atoms with Crippen LogP contribution >= 0.6 is 11.3 Å². The van der Waals surface area contributed by atoms with Crippen LogP contribution < -0.4 is 14.4 Å². The molecule has 1 fully saturated rings. The van der Waals surface area contributed by atoms with E-state index < -0.39 is 0 Å². The van der Waals surface area contributed by atoms with Crippen molar-refractivity contribution < 1.29 is 14.3 Å². The molecular weight excluding hydrogens is 448 g/mol. The maximum absolute atomic E-state index is 13.2. The molecule has 8 heteroatoms. The number of carbonyl (C=O) groups excluding carboxylic acids is 1. The van der Waals surface area contributed by atoms with E-state index in [9.17, 15) is 4.79 Å². The van der Waals surface area contributed by atoms with Gasteiger partial charge >= 0.3 is 0 Å². The Morgan fingerprint density at radius 3 is 2.71 bits per heavy atom. The van der Waals surface area contributed by atoms with Crippen molar-refractivity contribution in [1.82, 2.24) is 14.9 Å². The number of anilines is 1. The number of amides is 1. The average Bonchev–Trinajstić information content (AvgIpc) is 3.46. The standard InChI is InChI=1S/C26H30N4O3S/c1-15(2)23-27-24(22-18-6-4-16(3)12-21(18)34-25(22)28-23)29-8-10-30(11-9-29)26(31)17-5-7-19-20(13-17)33-14-32-19/h5,7,13,15-16H,4,6,8-12,14H2,1-3H3. The van der Waals surface area contributed by atoms with Crippen LogP contribution in [0.15, 0.2) is 18.2 Å². The molecule has 1 atom stereocenters. The highest BCUT2D eigenvalue weighted by Crippen LogP contribution is 2.42. The van der Waals surface area contributed by atoms with Crippen molar-refractivity contribution in [2.45, 2.75) is 46.0 Å². The van der Waals surface area contributed by atoms with Crippen LogP contribution in [-0.2, 0) is 12.8 Å². The second-order valence-corrected chi connectivity index (χ2v) is 11.0. The minimum absolute atomic E-state index is 0.0376. The van der Waals surface area contributed by atoms with Gasteiger partial charge in [-0.1, -0.05) is 20.8 Å². The Bertz CT molecular complexity index is 1260. The Kier molecular flexibility index (Phi) is 5.36. The van der Waals surface area contributed by atoms with Gasteiger partial charge in [0.2, 0.25) is 6.79 Å². The molecule has 2 aromatic heterocycles. The molecule has 3 aliphatic rings. The van der Waals surface area contributed by atoms with E-state index in [1.54, 1.807) is 6.07 Å². The van der Waals surface area contributed by atoms with Crippen molar-refractivity contribution in [2.24, 2.45) is 5.92 Å². The predicted octanol–water partition coefficient (Wildman–Crippen LogP) is 4.63. The van der Waals surface area contributed by atoms with E-state index in [4.69, 9.17) is 19.4 Å². The fourth-order valence-corrected chi connectivity index (χ4v) is 6.54. The molecule has 178 valence electrons. The molecule has 1 saturated heterocycles. The summed E-state index contributed by atoms with van der Waals surface area (Å²) in [5.41, 5.74) is 2.10. The number of hydrogen-bond donors (Lipinski definition) is 0. The number of thiophene rings is 1. The van der Waals surface area contributed by atoms with Crippen LogP contribution in [0.5, 0.6) is 11.5 Å². The number of fused-ring (bicyclic) bond motifs is 4. The smallest absolute Gasteiger partial charge is 0.254 e. The first-order chi connectivity index (χ1) is 16.5. The normalized spacial score (nSPS) is 19.7. The van der Waals surface area contributed by atoms with Gasteiger partial charge in [-0.2, -0.15) is 0 Å². The molecule has 0 spiro atoms. The van der Waals surface area contributed by atoms with Gasteiger partial charge in [-0.3, -0.25) is 4.79 Å². The van der Waals surface area contributed by atoms with Gasteiger partial charge in [-0.15, -0.1) is 11.3 Å². The van der Waals surface area contributed by atoms with Crippen LogP contribution in [0.1, 0.15) is 59.7 Å². The summed E-state index contributed by atoms with van der Waals surface area (Å²) in [6.45, 7) is 9.73. The van der Waals surface area contributed by atoms with E-state index in [1.165, 1.54) is 22.2 Å². The van der Waals surface area contributed by atoms with E-state index >= 15 is 0 Å². The predicted molar refractivity (Wildman–Crippen MR) is 133 cm³/mol. The van der Waals surface area contributed by atoms with Crippen LogP contribution in [0.3, 0.4) is 0 Å². The fraction of sp³-hybridized carbons (Fsp3) is 0.500. The molecule has 0 N–H and O–H groups in total. The number of rotatable bonds is 3. The van der Waals surface area contributed by atoms with Crippen molar-refractivity contribution in [3.05, 3.63) is 40.0 Å². The quantitative estimate of drug-likeness (QED) is 0.547. The first-order valence-electron chi connectivity index (χ1n) is 12.2. The lowest BCUT2D eigenvalue weighted by Gasteiger charge is -2.36. The minimum Gasteiger partial charge on any atom is -0.454 e. The Morgan fingerprint density at radius 2 is 1.91 bits per heavy atom. The summed E-state index contributed by atoms with van der Waals surface area (Å²) < 4.78 is 10.8. The Labute approximate surface area is 203 Å². The van der Waals surface area contributed by atoms with Gasteiger partial charge in [-0.05, 0) is 48.9 Å². The topological polar surface area (TPSA) is 67.8 Å². The summed E-state index contributed by atoms with van der Waals surface area (Å²) in [4.78, 5) is 30.1. The molecule has 1 unspecified atom stereocenters. The number of nitrogens with zero attached hydrogens (tertiary/aromatic N) is 4. The lowest BCUT2D eigenvalue weighted by atomic mass is 9.89. The number of piperazine rings is 1. The fourth-order valence-electron chi connectivity index (χ4n) is 5.16. The van der Waals surface area contributed by atoms with Gasteiger partial charge in [0.1, 0.15) is 16.5 Å². The van der Waals surface area contributed by atoms with E-state index in [2.05, 4.69) is 25.7 Å². The summed E-state index contributed by atoms with van der Waals surface area (Å²) in [6, 6.07) is 5.43. The number of hydrogen-bond acceptors (Lipinski definition) is 7. The van der Waals surface area contributed by atoms with Gasteiger partial charge in [0.25, 0.3) is 5.91 Å². The summed E-state index contributed by atoms with van der Waals surface area (Å²) in [6.07, 6.45) is 3.48. The highest BCUT2D eigenvalue weighted by atomic mass is 32.1. The van der Waals surface area contributed by atoms with Crippen molar-refractivity contribution >= 4 is 33.3 Å². The molecule has 1 aromatic carbocycles. The highest BCUT2D eigenvalue weighted by molar-refractivity contribution is 7.19. The Hall–Kier alpha value is -2.87. The molecular formula is C26H30N4O3S. The molecule has 1 amide bonds. The van der Waals surface area contributed by atoms with Crippen LogP contribution in [0.25, 0.3) is 10.2 Å². The second-order valence-electron chi connectivity index (χ2n) is 9.94. The Morgan fingerprint density at radius 1 is 1.12 bits per heavy atom. The molecule has 3 aromatic rings. The maximum Gasteiger partial charge on any atom is 0.254 e. The molecule has 4 heterocycles. The van der Waals surface area contributed by atoms with Crippen molar-refractivity contribution in [3.8, 4) is 11.5 Å². The van der Waals surface area contributed by atoms with Crippen LogP contribution in [0, 0.1) is 5.92 Å². The zero-order valence-electron chi connectivity index (χ0n) is 20.0. The lowest BCUT2D eigenvalue weighted by molar-refractivity contribution is 0.0746. The van der Waals surface area contributed by atoms with Crippen LogP contribution in [-0.4, -0.2) is 53.7 Å². The van der Waals surface area contributed by atoms with Gasteiger partial charge < -0.3 is 19.3 Å². The third-order valence-electron chi connectivity index (χ3n) is 7.16. The minimum atomic E-state index is 0.0376. The largest absolute Gasteiger partial charge is 0.454 e. The molecule has 7 nitrogen and oxygen atoms in total. The molecule has 0 bridgehead atoms. The molecule has 6 rings (SSSR count). The van der Waals surface area contributed by atoms with Crippen molar-refractivity contribution in [2.75, 3.05) is 37.9 Å². The van der Waals surface area contributed by atoms with Gasteiger partial charge in [0.05, 0.1) is 5.39 Å². The van der Waals surface area contributed by atoms with E-state index in [0.29, 0.717) is 30.2 Å². The zero-order chi connectivity index (χ0) is 23.4. The first kappa shape index (κ1) is 21.6. The molecule has 0 radical (unpaired) electrons. The van der Waals surface area contributed by atoms with E-state index in [0.717, 1.165) is 48.3 Å². The summed E-state index contributed by atoms with van der Waals surface area (Å²) in [5.74, 6) is 4.36. The lowest BCUT2D eigenvalue weighted by Crippen LogP contribution is -2.49. The van der Waals surface area contributed by atoms with E-state index in [-0.39, 0.29) is 18.6 Å². The van der Waals surface area contributed by atoms with Gasteiger partial charge in [-0.25, -0.2) is 9.97 Å². The van der Waals surface area contributed by atoms with Crippen LogP contribution in [0.2, 0.25) is 0 Å². The van der Waals surface area contributed by atoms with Crippen LogP contribution in [0.4, 0.5) is 5.82 Å². The zero-order valence-corrected chi connectivity index (χ0v) is 20.8. The summed E-state index contributed by atoms with van der Waals surface area (Å²) in [7, 11) is 0. The average molecular weight is 479 g/mol. The molecule has 34 heavy (non-hydrogen) atoms. The monoisotopic (exact) mass is 478 g/mol. The SMILES string of the molecule is CC1CCc2c(sc3nc(C(C)C)nc(N4CCN(C(=O)c5ccc6c(c5)OCO6)CC4)c23)C1. The summed E-state index contributed by atoms with van der Waals surface area (Å²) in [5, 5.41) is 1.26. The molecule has 2 aliphatic heterocycles. The number of aromatic nitrogens is 2. The van der Waals surface area contributed by atoms with Gasteiger partial charge in [0.15, 0.2) is 11.5 Å². The number of aryl methyl sites for hydroxylation is 1. The first-order valence-corrected chi connectivity index (χ1v) is 13.1. The second kappa shape index (κ2) is 8.41. The highest BCUT2D eigenvalue weighted by Gasteiger charge is 2.29. The van der Waals surface area contributed by atoms with Crippen molar-refractivity contribution in [1.29, 1.82) is 0 Å². The molecule has 0 saturated carbocycles. The van der Waals surface area contributed by atoms with E-state index in [1.807, 2.05) is 28.4 Å². The summed E-state index contributed by atoms with van der Waals surface area (Å²) >= 11 is 1.86. The van der Waals surface area contributed by atoms with Gasteiger partial charge in [0, 0.05) is 42.5 Å². The Balaban J connectivity index is 1.27. The number of ether oxygens (including phenoxy) is 2. The third kappa shape index (κ3) is 3.68. The maximum atomic E-state index is 13.2. The van der Waals surface area contributed by atoms with Crippen molar-refractivity contribution in [3.63, 3.8) is 0 Å². The third-order valence-corrected chi connectivity index (χ3v) is 8.30. The number of carbonyl (C=O) groups is 1. The molecule has 1 aliphatic carbocycles.